The van der Waals surface area contributed by atoms with Crippen LogP contribution in [0.25, 0.3) is 0 Å². The monoisotopic (exact) mass is 263 g/mol. The Bertz CT molecular complexity index is 417. The molecule has 0 saturated heterocycles. The summed E-state index contributed by atoms with van der Waals surface area (Å²) in [5.74, 6) is 0. The summed E-state index contributed by atoms with van der Waals surface area (Å²) in [5, 5.41) is 0. The average Bonchev–Trinajstić information content (AvgIpc) is 2.36. The molecule has 3 nitrogen and oxygen atoms in total. The summed E-state index contributed by atoms with van der Waals surface area (Å²) in [6.07, 6.45) is 1.83. The number of hydrogen-bond acceptors (Lipinski definition) is 2. The van der Waals surface area contributed by atoms with Gasteiger partial charge in [0.25, 0.3) is 0 Å². The molecule has 0 bridgehead atoms. The third kappa shape index (κ3) is 4.27. The maximum atomic E-state index is 11.8. The van der Waals surface area contributed by atoms with Gasteiger partial charge in [-0.1, -0.05) is 31.0 Å². The first-order valence-corrected chi connectivity index (χ1v) is 6.89. The Morgan fingerprint density at radius 1 is 1.21 bits per heavy atom. The highest BCUT2D eigenvalue weighted by Crippen LogP contribution is 2.19. The van der Waals surface area contributed by atoms with Crippen LogP contribution in [0.2, 0.25) is 0 Å². The Kier molecular flexibility index (Phi) is 5.87. The van der Waals surface area contributed by atoms with Gasteiger partial charge in [0.15, 0.2) is 0 Å². The van der Waals surface area contributed by atoms with E-state index >= 15 is 0 Å². The van der Waals surface area contributed by atoms with Crippen LogP contribution in [0, 0.1) is 20.8 Å². The quantitative estimate of drug-likeness (QED) is 0.804. The molecule has 0 atom stereocenters. The molecule has 19 heavy (non-hydrogen) atoms. The van der Waals surface area contributed by atoms with Crippen molar-refractivity contribution < 1.29 is 9.53 Å². The molecule has 0 aliphatic heterocycles. The first-order chi connectivity index (χ1) is 8.99. The highest BCUT2D eigenvalue weighted by atomic mass is 16.5. The Morgan fingerprint density at radius 2 is 1.79 bits per heavy atom. The Hall–Kier alpha value is -1.51. The van der Waals surface area contributed by atoms with Gasteiger partial charge < -0.3 is 9.64 Å². The maximum absolute atomic E-state index is 11.8. The number of nitrogens with zero attached hydrogens (tertiary/aromatic N) is 1. The summed E-state index contributed by atoms with van der Waals surface area (Å²) in [4.78, 5) is 13.6. The van der Waals surface area contributed by atoms with Crippen LogP contribution in [-0.4, -0.2) is 24.6 Å². The number of unbranched alkanes of at least 4 members (excludes halogenated alkanes) is 1. The van der Waals surface area contributed by atoms with Crippen LogP contribution in [0.15, 0.2) is 12.1 Å². The first kappa shape index (κ1) is 15.5. The molecule has 0 aliphatic rings. The van der Waals surface area contributed by atoms with E-state index in [0.29, 0.717) is 6.54 Å². The van der Waals surface area contributed by atoms with Crippen molar-refractivity contribution in [2.45, 2.75) is 47.1 Å². The third-order valence-electron chi connectivity index (χ3n) is 3.40. The molecule has 0 spiro atoms. The van der Waals surface area contributed by atoms with E-state index in [0.717, 1.165) is 19.4 Å². The van der Waals surface area contributed by atoms with Crippen LogP contribution in [0.4, 0.5) is 4.79 Å². The fourth-order valence-corrected chi connectivity index (χ4v) is 2.36. The van der Waals surface area contributed by atoms with Gasteiger partial charge in [-0.05, 0) is 43.9 Å². The van der Waals surface area contributed by atoms with Gasteiger partial charge >= 0.3 is 6.09 Å². The van der Waals surface area contributed by atoms with Crippen LogP contribution in [0.5, 0.6) is 0 Å². The molecular weight excluding hydrogens is 238 g/mol. The minimum absolute atomic E-state index is 0.243. The molecule has 0 heterocycles. The van der Waals surface area contributed by atoms with Gasteiger partial charge in [-0.2, -0.15) is 0 Å². The van der Waals surface area contributed by atoms with Crippen molar-refractivity contribution >= 4 is 6.09 Å². The minimum atomic E-state index is -0.243. The molecule has 1 rings (SSSR count). The highest BCUT2D eigenvalue weighted by Gasteiger charge is 2.16. The van der Waals surface area contributed by atoms with E-state index < -0.39 is 0 Å². The van der Waals surface area contributed by atoms with E-state index in [9.17, 15) is 4.79 Å². The molecule has 106 valence electrons. The van der Waals surface area contributed by atoms with E-state index in [4.69, 9.17) is 4.74 Å². The lowest BCUT2D eigenvalue weighted by molar-refractivity contribution is 0.120. The predicted octanol–water partition coefficient (Wildman–Crippen LogP) is 3.98. The molecule has 0 aromatic heterocycles. The van der Waals surface area contributed by atoms with Crippen LogP contribution in [0.3, 0.4) is 0 Å². The molecule has 0 saturated carbocycles. The lowest BCUT2D eigenvalue weighted by Crippen LogP contribution is -2.31. The topological polar surface area (TPSA) is 29.5 Å². The number of ether oxygens (including phenoxy) is 1. The summed E-state index contributed by atoms with van der Waals surface area (Å²) in [6.45, 7) is 9.80. The number of rotatable bonds is 5. The number of amides is 1. The Balaban J connectivity index is 2.92. The smallest absolute Gasteiger partial charge is 0.409 e. The van der Waals surface area contributed by atoms with Gasteiger partial charge in [-0.25, -0.2) is 4.79 Å². The van der Waals surface area contributed by atoms with Gasteiger partial charge in [0.2, 0.25) is 0 Å². The zero-order valence-corrected chi connectivity index (χ0v) is 12.7. The Morgan fingerprint density at radius 3 is 2.26 bits per heavy atom. The second kappa shape index (κ2) is 7.17. The van der Waals surface area contributed by atoms with Crippen molar-refractivity contribution in [3.63, 3.8) is 0 Å². The van der Waals surface area contributed by atoms with E-state index in [-0.39, 0.29) is 6.09 Å². The number of hydrogen-bond donors (Lipinski definition) is 0. The number of carbonyl (C=O) groups excluding carboxylic acids is 1. The van der Waals surface area contributed by atoms with Gasteiger partial charge in [0.05, 0.1) is 7.11 Å². The van der Waals surface area contributed by atoms with Crippen LogP contribution < -0.4 is 0 Å². The molecule has 1 amide bonds. The molecule has 0 fully saturated rings. The van der Waals surface area contributed by atoms with Crippen molar-refractivity contribution in [1.29, 1.82) is 0 Å². The third-order valence-corrected chi connectivity index (χ3v) is 3.40. The van der Waals surface area contributed by atoms with E-state index in [2.05, 4.69) is 39.8 Å². The standard InChI is InChI=1S/C16H25NO2/c1-6-7-8-17(16(18)19-5)11-15-13(3)9-12(2)10-14(15)4/h9-10H,6-8,11H2,1-5H3. The number of carbonyl (C=O) groups is 1. The lowest BCUT2D eigenvalue weighted by atomic mass is 9.99. The summed E-state index contributed by atoms with van der Waals surface area (Å²) >= 11 is 0. The zero-order chi connectivity index (χ0) is 14.4. The second-order valence-corrected chi connectivity index (χ2v) is 5.12. The van der Waals surface area contributed by atoms with Crippen LogP contribution >= 0.6 is 0 Å². The molecule has 1 aromatic carbocycles. The Labute approximate surface area is 116 Å². The summed E-state index contributed by atoms with van der Waals surface area (Å²) in [5.41, 5.74) is 4.97. The highest BCUT2D eigenvalue weighted by molar-refractivity contribution is 5.67. The fourth-order valence-electron chi connectivity index (χ4n) is 2.36. The van der Waals surface area contributed by atoms with Crippen LogP contribution in [0.1, 0.15) is 42.0 Å². The van der Waals surface area contributed by atoms with Crippen LogP contribution in [-0.2, 0) is 11.3 Å². The van der Waals surface area contributed by atoms with E-state index in [1.807, 2.05) is 0 Å². The van der Waals surface area contributed by atoms with E-state index in [1.165, 1.54) is 29.4 Å². The second-order valence-electron chi connectivity index (χ2n) is 5.12. The molecular formula is C16H25NO2. The first-order valence-electron chi connectivity index (χ1n) is 6.89. The molecule has 0 unspecified atom stereocenters. The SMILES string of the molecule is CCCCN(Cc1c(C)cc(C)cc1C)C(=O)OC. The summed E-state index contributed by atoms with van der Waals surface area (Å²) < 4.78 is 4.87. The van der Waals surface area contributed by atoms with Crippen molar-refractivity contribution in [2.75, 3.05) is 13.7 Å². The molecule has 3 heteroatoms. The van der Waals surface area contributed by atoms with Gasteiger partial charge in [0, 0.05) is 13.1 Å². The predicted molar refractivity (Wildman–Crippen MR) is 78.4 cm³/mol. The average molecular weight is 263 g/mol. The van der Waals surface area contributed by atoms with Crippen molar-refractivity contribution in [2.24, 2.45) is 0 Å². The normalized spacial score (nSPS) is 10.4. The number of benzene rings is 1. The largest absolute Gasteiger partial charge is 0.453 e. The molecule has 0 N–H and O–H groups in total. The van der Waals surface area contributed by atoms with Gasteiger partial charge in [-0.15, -0.1) is 0 Å². The van der Waals surface area contributed by atoms with Crippen molar-refractivity contribution in [3.8, 4) is 0 Å². The van der Waals surface area contributed by atoms with Crippen molar-refractivity contribution in [3.05, 3.63) is 34.4 Å². The van der Waals surface area contributed by atoms with E-state index in [1.54, 1.807) is 4.90 Å². The minimum Gasteiger partial charge on any atom is -0.453 e. The maximum Gasteiger partial charge on any atom is 0.409 e. The number of methoxy groups -OCH3 is 1. The lowest BCUT2D eigenvalue weighted by Gasteiger charge is -2.23. The van der Waals surface area contributed by atoms with Gasteiger partial charge in [0.1, 0.15) is 0 Å². The molecule has 0 aliphatic carbocycles. The fraction of sp³-hybridized carbons (Fsp3) is 0.562. The summed E-state index contributed by atoms with van der Waals surface area (Å²) in [6, 6.07) is 4.33. The molecule has 1 aromatic rings. The zero-order valence-electron chi connectivity index (χ0n) is 12.7. The van der Waals surface area contributed by atoms with Crippen molar-refractivity contribution in [1.82, 2.24) is 4.90 Å². The van der Waals surface area contributed by atoms with Gasteiger partial charge in [-0.3, -0.25) is 0 Å². The number of aryl methyl sites for hydroxylation is 3. The summed E-state index contributed by atoms with van der Waals surface area (Å²) in [7, 11) is 1.44. The molecule has 0 radical (unpaired) electrons.